The van der Waals surface area contributed by atoms with E-state index in [0.717, 1.165) is 0 Å². The fraction of sp³-hybridized carbons (Fsp3) is 0.125. The van der Waals surface area contributed by atoms with E-state index in [1.54, 1.807) is 7.05 Å². The molecule has 17 heavy (non-hydrogen) atoms. The Balaban J connectivity index is 2.39. The lowest BCUT2D eigenvalue weighted by Gasteiger charge is -2.07. The summed E-state index contributed by atoms with van der Waals surface area (Å²) in [6.07, 6.45) is 2.65. The summed E-state index contributed by atoms with van der Waals surface area (Å²) in [5.74, 6) is 0.102. The third kappa shape index (κ3) is 2.37. The number of aryl methyl sites for hydroxylation is 1. The normalized spacial score (nSPS) is 11.4. The Kier molecular flexibility index (Phi) is 2.99. The molecule has 0 spiro atoms. The van der Waals surface area contributed by atoms with Crippen molar-refractivity contribution in [1.82, 2.24) is 19.7 Å². The van der Waals surface area contributed by atoms with Crippen LogP contribution in [0.3, 0.4) is 0 Å². The number of rotatable bonds is 3. The fourth-order valence-corrected chi connectivity index (χ4v) is 2.63. The smallest absolute Gasteiger partial charge is 0.247 e. The van der Waals surface area contributed by atoms with Crippen molar-refractivity contribution in [2.24, 2.45) is 7.05 Å². The molecule has 0 fully saturated rings. The van der Waals surface area contributed by atoms with Crippen LogP contribution in [0.5, 0.6) is 0 Å². The molecule has 0 aliphatic heterocycles. The van der Waals surface area contributed by atoms with Gasteiger partial charge in [-0.05, 0) is 12.1 Å². The molecule has 1 N–H and O–H groups in total. The molecule has 7 nitrogen and oxygen atoms in total. The minimum Gasteiger partial charge on any atom is -0.247 e. The van der Waals surface area contributed by atoms with Crippen LogP contribution in [0, 0.1) is 0 Å². The van der Waals surface area contributed by atoms with Crippen molar-refractivity contribution < 1.29 is 8.42 Å². The number of hydrogen-bond acceptors (Lipinski definition) is 5. The van der Waals surface area contributed by atoms with Crippen LogP contribution in [-0.4, -0.2) is 28.2 Å². The molecule has 0 aliphatic rings. The van der Waals surface area contributed by atoms with Crippen molar-refractivity contribution in [1.29, 1.82) is 0 Å². The maximum absolute atomic E-state index is 12.0. The quantitative estimate of drug-likeness (QED) is 0.830. The minimum absolute atomic E-state index is 0.0952. The molecule has 0 aliphatic carbocycles. The molecule has 0 amide bonds. The van der Waals surface area contributed by atoms with Crippen molar-refractivity contribution in [2.45, 2.75) is 4.90 Å². The van der Waals surface area contributed by atoms with Gasteiger partial charge in [-0.1, -0.05) is 11.6 Å². The van der Waals surface area contributed by atoms with Crippen molar-refractivity contribution in [3.8, 4) is 0 Å². The Labute approximate surface area is 103 Å². The van der Waals surface area contributed by atoms with Gasteiger partial charge in [0.05, 0.1) is 0 Å². The van der Waals surface area contributed by atoms with Gasteiger partial charge in [0, 0.05) is 13.2 Å². The summed E-state index contributed by atoms with van der Waals surface area (Å²) >= 11 is 5.72. The number of hydrogen-bond donors (Lipinski definition) is 1. The van der Waals surface area contributed by atoms with Crippen molar-refractivity contribution in [3.63, 3.8) is 0 Å². The van der Waals surface area contributed by atoms with E-state index in [0.29, 0.717) is 0 Å². The first-order valence-electron chi connectivity index (χ1n) is 4.48. The molecule has 0 atom stereocenters. The average molecular weight is 274 g/mol. The lowest BCUT2D eigenvalue weighted by atomic mass is 10.5. The van der Waals surface area contributed by atoms with Gasteiger partial charge in [-0.15, -0.1) is 0 Å². The number of sulfonamides is 1. The highest BCUT2D eigenvalue weighted by Gasteiger charge is 2.20. The Bertz CT molecular complexity index is 639. The van der Waals surface area contributed by atoms with E-state index >= 15 is 0 Å². The van der Waals surface area contributed by atoms with Gasteiger partial charge in [0.1, 0.15) is 16.4 Å². The third-order valence-corrected chi connectivity index (χ3v) is 3.72. The molecule has 0 saturated heterocycles. The lowest BCUT2D eigenvalue weighted by Crippen LogP contribution is -2.16. The van der Waals surface area contributed by atoms with E-state index in [9.17, 15) is 8.42 Å². The molecule has 0 saturated carbocycles. The third-order valence-electron chi connectivity index (χ3n) is 1.95. The van der Waals surface area contributed by atoms with Crippen LogP contribution in [0.1, 0.15) is 0 Å². The maximum atomic E-state index is 12.0. The van der Waals surface area contributed by atoms with E-state index in [4.69, 9.17) is 11.6 Å². The van der Waals surface area contributed by atoms with Crippen LogP contribution in [-0.2, 0) is 17.1 Å². The predicted molar refractivity (Wildman–Crippen MR) is 61.1 cm³/mol. The Morgan fingerprint density at radius 2 is 2.18 bits per heavy atom. The number of pyridine rings is 1. The van der Waals surface area contributed by atoms with Gasteiger partial charge in [-0.3, -0.25) is 0 Å². The van der Waals surface area contributed by atoms with Crippen molar-refractivity contribution in [3.05, 3.63) is 29.8 Å². The van der Waals surface area contributed by atoms with Gasteiger partial charge in [0.2, 0.25) is 5.95 Å². The Morgan fingerprint density at radius 1 is 1.41 bits per heavy atom. The molecular formula is C8H8ClN5O2S. The van der Waals surface area contributed by atoms with E-state index < -0.39 is 10.0 Å². The van der Waals surface area contributed by atoms with Gasteiger partial charge in [0.15, 0.2) is 0 Å². The first-order valence-corrected chi connectivity index (χ1v) is 6.34. The zero-order chi connectivity index (χ0) is 12.5. The molecule has 2 rings (SSSR count). The Morgan fingerprint density at radius 3 is 2.76 bits per heavy atom. The van der Waals surface area contributed by atoms with Crippen LogP contribution < -0.4 is 4.72 Å². The second kappa shape index (κ2) is 4.30. The van der Waals surface area contributed by atoms with Crippen LogP contribution in [0.25, 0.3) is 0 Å². The SMILES string of the molecule is Cn1ncnc1NS(=O)(=O)c1cccnc1Cl. The van der Waals surface area contributed by atoms with Crippen molar-refractivity contribution in [2.75, 3.05) is 4.72 Å². The number of nitrogens with one attached hydrogen (secondary N) is 1. The molecule has 0 bridgehead atoms. The van der Waals surface area contributed by atoms with Crippen LogP contribution >= 0.6 is 11.6 Å². The summed E-state index contributed by atoms with van der Waals surface area (Å²) in [5, 5.41) is 3.65. The van der Waals surface area contributed by atoms with Gasteiger partial charge in [-0.2, -0.15) is 10.1 Å². The van der Waals surface area contributed by atoms with E-state index in [1.165, 1.54) is 29.3 Å². The van der Waals surface area contributed by atoms with Crippen LogP contribution in [0.15, 0.2) is 29.6 Å². The molecule has 2 heterocycles. The second-order valence-corrected chi connectivity index (χ2v) is 5.11. The summed E-state index contributed by atoms with van der Waals surface area (Å²) in [4.78, 5) is 7.35. The highest BCUT2D eigenvalue weighted by Crippen LogP contribution is 2.19. The second-order valence-electron chi connectivity index (χ2n) is 3.11. The molecule has 2 aromatic rings. The molecule has 9 heteroatoms. The van der Waals surface area contributed by atoms with Gasteiger partial charge >= 0.3 is 0 Å². The standard InChI is InChI=1S/C8H8ClN5O2S/c1-14-8(11-5-12-14)13-17(15,16)6-3-2-4-10-7(6)9/h2-5H,1H3,(H,11,12,13). The number of nitrogens with zero attached hydrogens (tertiary/aromatic N) is 4. The molecule has 0 radical (unpaired) electrons. The zero-order valence-corrected chi connectivity index (χ0v) is 10.3. The average Bonchev–Trinajstić information content (AvgIpc) is 2.64. The maximum Gasteiger partial charge on any atom is 0.267 e. The summed E-state index contributed by atoms with van der Waals surface area (Å²) < 4.78 is 27.5. The molecular weight excluding hydrogens is 266 g/mol. The molecule has 90 valence electrons. The largest absolute Gasteiger partial charge is 0.267 e. The summed E-state index contributed by atoms with van der Waals surface area (Å²) in [7, 11) is -2.24. The van der Waals surface area contributed by atoms with E-state index in [1.807, 2.05) is 0 Å². The van der Waals surface area contributed by atoms with E-state index in [2.05, 4.69) is 19.8 Å². The first-order chi connectivity index (χ1) is 8.00. The number of aromatic nitrogens is 4. The summed E-state index contributed by atoms with van der Waals surface area (Å²) in [5.41, 5.74) is 0. The lowest BCUT2D eigenvalue weighted by molar-refractivity contribution is 0.599. The van der Waals surface area contributed by atoms with Crippen LogP contribution in [0.2, 0.25) is 5.15 Å². The van der Waals surface area contributed by atoms with Crippen molar-refractivity contribution >= 4 is 27.6 Å². The highest BCUT2D eigenvalue weighted by atomic mass is 35.5. The van der Waals surface area contributed by atoms with Gasteiger partial charge in [0.25, 0.3) is 10.0 Å². The fourth-order valence-electron chi connectivity index (χ4n) is 1.14. The van der Waals surface area contributed by atoms with E-state index in [-0.39, 0.29) is 16.0 Å². The zero-order valence-electron chi connectivity index (χ0n) is 8.70. The topological polar surface area (TPSA) is 89.8 Å². The number of anilines is 1. The first kappa shape index (κ1) is 11.8. The summed E-state index contributed by atoms with van der Waals surface area (Å²) in [6.45, 7) is 0. The predicted octanol–water partition coefficient (Wildman–Crippen LogP) is 0.664. The summed E-state index contributed by atoms with van der Waals surface area (Å²) in [6, 6.07) is 2.84. The minimum atomic E-state index is -3.80. The Hall–Kier alpha value is -1.67. The molecule has 0 unspecified atom stereocenters. The monoisotopic (exact) mass is 273 g/mol. The highest BCUT2D eigenvalue weighted by molar-refractivity contribution is 7.92. The number of halogens is 1. The van der Waals surface area contributed by atoms with Crippen LogP contribution in [0.4, 0.5) is 5.95 Å². The van der Waals surface area contributed by atoms with Gasteiger partial charge < -0.3 is 0 Å². The molecule has 2 aromatic heterocycles. The van der Waals surface area contributed by atoms with Gasteiger partial charge in [-0.25, -0.2) is 22.8 Å². The molecule has 0 aromatic carbocycles.